The van der Waals surface area contributed by atoms with Gasteiger partial charge in [-0.15, -0.1) is 0 Å². The fourth-order valence-electron chi connectivity index (χ4n) is 3.80. The zero-order chi connectivity index (χ0) is 22.3. The molecular weight excluding hydrogens is 426 g/mol. The number of carbonyl (C=O) groups is 1. The molecule has 7 heteroatoms. The highest BCUT2D eigenvalue weighted by molar-refractivity contribution is 6.32. The van der Waals surface area contributed by atoms with E-state index in [-0.39, 0.29) is 17.6 Å². The van der Waals surface area contributed by atoms with Crippen LogP contribution >= 0.6 is 11.6 Å². The zero-order valence-electron chi connectivity index (χ0n) is 17.6. The number of benzene rings is 2. The van der Waals surface area contributed by atoms with Crippen LogP contribution in [0.25, 0.3) is 17.0 Å². The highest BCUT2D eigenvalue weighted by atomic mass is 35.5. The van der Waals surface area contributed by atoms with Gasteiger partial charge in [0, 0.05) is 35.8 Å². The number of carbonyl (C=O) groups excluding carboxylic acids is 1. The Morgan fingerprint density at radius 1 is 1.28 bits per heavy atom. The zero-order valence-corrected chi connectivity index (χ0v) is 18.3. The van der Waals surface area contributed by atoms with Gasteiger partial charge in [0.15, 0.2) is 0 Å². The number of para-hydroxylation sites is 2. The van der Waals surface area contributed by atoms with Gasteiger partial charge < -0.3 is 19.4 Å². The van der Waals surface area contributed by atoms with Crippen LogP contribution in [0, 0.1) is 11.3 Å². The van der Waals surface area contributed by atoms with Crippen LogP contribution in [0.15, 0.2) is 60.3 Å². The summed E-state index contributed by atoms with van der Waals surface area (Å²) >= 11 is 6.16. The maximum atomic E-state index is 12.5. The summed E-state index contributed by atoms with van der Waals surface area (Å²) in [5, 5.41) is 13.9. The molecule has 1 saturated heterocycles. The molecule has 1 aromatic heterocycles. The van der Waals surface area contributed by atoms with Crippen LogP contribution < -0.4 is 10.1 Å². The predicted molar refractivity (Wildman–Crippen MR) is 124 cm³/mol. The number of halogens is 1. The molecule has 0 aliphatic carbocycles. The van der Waals surface area contributed by atoms with E-state index in [1.54, 1.807) is 12.1 Å². The summed E-state index contributed by atoms with van der Waals surface area (Å²) in [6.45, 7) is 2.16. The van der Waals surface area contributed by atoms with Crippen LogP contribution in [0.5, 0.6) is 5.75 Å². The van der Waals surface area contributed by atoms with Crippen LogP contribution in [0.4, 0.5) is 0 Å². The molecule has 164 valence electrons. The van der Waals surface area contributed by atoms with E-state index in [1.807, 2.05) is 54.7 Å². The number of nitriles is 1. The Kier molecular flexibility index (Phi) is 7.10. The van der Waals surface area contributed by atoms with Crippen molar-refractivity contribution in [2.75, 3.05) is 19.8 Å². The molecule has 6 nitrogen and oxygen atoms in total. The lowest BCUT2D eigenvalue weighted by atomic mass is 10.1. The molecule has 0 saturated carbocycles. The third-order valence-corrected chi connectivity index (χ3v) is 5.74. The lowest BCUT2D eigenvalue weighted by Gasteiger charge is -2.10. The Morgan fingerprint density at radius 3 is 2.88 bits per heavy atom. The van der Waals surface area contributed by atoms with E-state index in [0.717, 1.165) is 35.9 Å². The SMILES string of the molecule is N#CC(=Cc1cn(CCOc2ccccc2Cl)c2ccccc12)C(=O)NCC1CCCO1. The molecule has 1 amide bonds. The van der Waals surface area contributed by atoms with Crippen molar-refractivity contribution in [3.8, 4) is 11.8 Å². The van der Waals surface area contributed by atoms with E-state index in [2.05, 4.69) is 9.88 Å². The largest absolute Gasteiger partial charge is 0.490 e. The van der Waals surface area contributed by atoms with Gasteiger partial charge in [-0.3, -0.25) is 4.79 Å². The summed E-state index contributed by atoms with van der Waals surface area (Å²) in [5.41, 5.74) is 1.87. The Labute approximate surface area is 192 Å². The minimum Gasteiger partial charge on any atom is -0.490 e. The van der Waals surface area contributed by atoms with Crippen molar-refractivity contribution in [3.05, 3.63) is 70.9 Å². The average Bonchev–Trinajstić information content (AvgIpc) is 3.45. The maximum Gasteiger partial charge on any atom is 0.262 e. The van der Waals surface area contributed by atoms with Gasteiger partial charge in [-0.25, -0.2) is 0 Å². The quantitative estimate of drug-likeness (QED) is 0.403. The molecule has 1 unspecified atom stereocenters. The summed E-state index contributed by atoms with van der Waals surface area (Å²) in [4.78, 5) is 12.5. The maximum absolute atomic E-state index is 12.5. The summed E-state index contributed by atoms with van der Waals surface area (Å²) in [6, 6.07) is 17.3. The van der Waals surface area contributed by atoms with Gasteiger partial charge in [-0.2, -0.15) is 5.26 Å². The number of hydrogen-bond donors (Lipinski definition) is 1. The third kappa shape index (κ3) is 5.13. The van der Waals surface area contributed by atoms with Crippen molar-refractivity contribution in [1.82, 2.24) is 9.88 Å². The first kappa shape index (κ1) is 21.9. The summed E-state index contributed by atoms with van der Waals surface area (Å²) in [6.07, 6.45) is 5.53. The van der Waals surface area contributed by atoms with Crippen LogP contribution in [0.2, 0.25) is 5.02 Å². The van der Waals surface area contributed by atoms with E-state index in [1.165, 1.54) is 0 Å². The van der Waals surface area contributed by atoms with Gasteiger partial charge >= 0.3 is 0 Å². The van der Waals surface area contributed by atoms with Crippen LogP contribution in [-0.2, 0) is 16.1 Å². The van der Waals surface area contributed by atoms with Crippen molar-refractivity contribution >= 4 is 34.5 Å². The van der Waals surface area contributed by atoms with Crippen LogP contribution in [-0.4, -0.2) is 36.3 Å². The topological polar surface area (TPSA) is 76.3 Å². The van der Waals surface area contributed by atoms with E-state index < -0.39 is 0 Å². The first-order valence-corrected chi connectivity index (χ1v) is 11.0. The predicted octanol–water partition coefficient (Wildman–Crippen LogP) is 4.58. The standard InChI is InChI=1S/C25H24ClN3O3/c26-22-8-2-4-10-24(22)32-13-11-29-17-19(21-7-1-3-9-23(21)29)14-18(15-27)25(30)28-16-20-6-5-12-31-20/h1-4,7-10,14,17,20H,5-6,11-13,16H2,(H,28,30). The number of amides is 1. The monoisotopic (exact) mass is 449 g/mol. The minimum absolute atomic E-state index is 0.0268. The molecule has 1 fully saturated rings. The highest BCUT2D eigenvalue weighted by Crippen LogP contribution is 2.25. The van der Waals surface area contributed by atoms with E-state index in [9.17, 15) is 10.1 Å². The lowest BCUT2D eigenvalue weighted by molar-refractivity contribution is -0.117. The first-order valence-electron chi connectivity index (χ1n) is 10.6. The van der Waals surface area contributed by atoms with Gasteiger partial charge in [0.25, 0.3) is 5.91 Å². The molecule has 4 rings (SSSR count). The number of nitrogens with zero attached hydrogens (tertiary/aromatic N) is 2. The number of hydrogen-bond acceptors (Lipinski definition) is 4. The third-order valence-electron chi connectivity index (χ3n) is 5.43. The van der Waals surface area contributed by atoms with Crippen molar-refractivity contribution < 1.29 is 14.3 Å². The Balaban J connectivity index is 1.50. The fraction of sp³-hybridized carbons (Fsp3) is 0.280. The molecule has 0 bridgehead atoms. The summed E-state index contributed by atoms with van der Waals surface area (Å²) < 4.78 is 13.4. The highest BCUT2D eigenvalue weighted by Gasteiger charge is 2.18. The van der Waals surface area contributed by atoms with Gasteiger partial charge in [-0.1, -0.05) is 41.9 Å². The molecule has 2 aromatic carbocycles. The first-order chi connectivity index (χ1) is 15.7. The second kappa shape index (κ2) is 10.4. The van der Waals surface area contributed by atoms with E-state index in [0.29, 0.717) is 30.5 Å². The number of rotatable bonds is 8. The average molecular weight is 450 g/mol. The number of ether oxygens (including phenoxy) is 2. The van der Waals surface area contributed by atoms with E-state index >= 15 is 0 Å². The molecular formula is C25H24ClN3O3. The number of fused-ring (bicyclic) bond motifs is 1. The van der Waals surface area contributed by atoms with Gasteiger partial charge in [0.1, 0.15) is 24.0 Å². The van der Waals surface area contributed by atoms with Crippen molar-refractivity contribution in [2.24, 2.45) is 0 Å². The van der Waals surface area contributed by atoms with Gasteiger partial charge in [0.05, 0.1) is 17.7 Å². The fourth-order valence-corrected chi connectivity index (χ4v) is 3.99. The number of aromatic nitrogens is 1. The number of nitrogens with one attached hydrogen (secondary N) is 1. The molecule has 3 aromatic rings. The summed E-state index contributed by atoms with van der Waals surface area (Å²) in [5.74, 6) is 0.252. The van der Waals surface area contributed by atoms with Gasteiger partial charge in [-0.05, 0) is 37.1 Å². The molecule has 2 heterocycles. The normalized spacial score (nSPS) is 16.1. The molecule has 0 radical (unpaired) electrons. The van der Waals surface area contributed by atoms with Gasteiger partial charge in [0.2, 0.25) is 0 Å². The Bertz CT molecular complexity index is 1170. The molecule has 0 spiro atoms. The molecule has 1 atom stereocenters. The Morgan fingerprint density at radius 2 is 2.09 bits per heavy atom. The summed E-state index contributed by atoms with van der Waals surface area (Å²) in [7, 11) is 0. The van der Waals surface area contributed by atoms with Crippen molar-refractivity contribution in [1.29, 1.82) is 5.26 Å². The second-order valence-electron chi connectivity index (χ2n) is 7.59. The molecule has 32 heavy (non-hydrogen) atoms. The van der Waals surface area contributed by atoms with Crippen molar-refractivity contribution in [3.63, 3.8) is 0 Å². The molecule has 1 aliphatic heterocycles. The van der Waals surface area contributed by atoms with Crippen molar-refractivity contribution in [2.45, 2.75) is 25.5 Å². The minimum atomic E-state index is -0.387. The van der Waals surface area contributed by atoms with E-state index in [4.69, 9.17) is 21.1 Å². The molecule has 1 N–H and O–H groups in total. The molecule has 1 aliphatic rings. The van der Waals surface area contributed by atoms with Crippen LogP contribution in [0.3, 0.4) is 0 Å². The Hall–Kier alpha value is -3.27. The lowest BCUT2D eigenvalue weighted by Crippen LogP contribution is -2.32. The van der Waals surface area contributed by atoms with Crippen LogP contribution in [0.1, 0.15) is 18.4 Å². The smallest absolute Gasteiger partial charge is 0.262 e. The second-order valence-corrected chi connectivity index (χ2v) is 8.00.